The van der Waals surface area contributed by atoms with E-state index >= 15 is 0 Å². The third kappa shape index (κ3) is 9.12. The molecule has 11 aromatic carbocycles. The zero-order chi connectivity index (χ0) is 59.2. The summed E-state index contributed by atoms with van der Waals surface area (Å²) < 4.78 is 2.70. The second kappa shape index (κ2) is 19.7. The number of anilines is 6. The van der Waals surface area contributed by atoms with Gasteiger partial charge in [-0.1, -0.05) is 243 Å². The summed E-state index contributed by atoms with van der Waals surface area (Å²) in [5, 5.41) is 9.01. The molecule has 12 aromatic rings. The van der Waals surface area contributed by atoms with Crippen LogP contribution in [0.2, 0.25) is 0 Å². The van der Waals surface area contributed by atoms with Crippen LogP contribution in [-0.4, -0.2) is 6.71 Å². The first-order valence-electron chi connectivity index (χ1n) is 30.8. The van der Waals surface area contributed by atoms with E-state index in [-0.39, 0.29) is 28.4 Å². The average molecular weight is 1120 g/mol. The molecule has 1 aromatic heterocycles. The van der Waals surface area contributed by atoms with Crippen LogP contribution < -0.4 is 25.5 Å². The van der Waals surface area contributed by atoms with Gasteiger partial charge in [-0.15, -0.1) is 11.3 Å². The lowest BCUT2D eigenvalue weighted by Gasteiger charge is -2.44. The SMILES string of the molecule is CC(C)c1ccc2c(c1)B1c3sc4ccc(C(C)(C)C)cc4c3N(c3ccc(-c4ccc(C(C)(C)C)cc4)c(-c4ccc(C(C)(C)C)cc4)c3)c3cccc(c31)N2c1ccc(C(C)(C)C)cc1-c1ccc2c3ccccc3c3ccccc3c2c1. The van der Waals surface area contributed by atoms with E-state index in [0.717, 1.165) is 5.69 Å². The molecule has 0 spiro atoms. The zero-order valence-corrected chi connectivity index (χ0v) is 52.9. The minimum atomic E-state index is -0.0835. The molecule has 0 bridgehead atoms. The van der Waals surface area contributed by atoms with Crippen LogP contribution in [0.4, 0.5) is 34.1 Å². The summed E-state index contributed by atoms with van der Waals surface area (Å²) in [5.41, 5.74) is 23.9. The number of hydrogen-bond acceptors (Lipinski definition) is 3. The normalized spacial score (nSPS) is 13.6. The van der Waals surface area contributed by atoms with Gasteiger partial charge in [0.25, 0.3) is 6.71 Å². The van der Waals surface area contributed by atoms with Gasteiger partial charge in [0.15, 0.2) is 0 Å². The van der Waals surface area contributed by atoms with Crippen molar-refractivity contribution in [3.63, 3.8) is 0 Å². The molecule has 14 rings (SSSR count). The van der Waals surface area contributed by atoms with Crippen LogP contribution in [0.5, 0.6) is 0 Å². The van der Waals surface area contributed by atoms with Gasteiger partial charge in [-0.25, -0.2) is 0 Å². The fourth-order valence-electron chi connectivity index (χ4n) is 13.8. The maximum absolute atomic E-state index is 2.66. The summed E-state index contributed by atoms with van der Waals surface area (Å²) in [5.74, 6) is 0.343. The second-order valence-corrected chi connectivity index (χ2v) is 29.9. The summed E-state index contributed by atoms with van der Waals surface area (Å²) >= 11 is 1.99. The number of thiophene rings is 1. The summed E-state index contributed by atoms with van der Waals surface area (Å²) in [6.45, 7) is 32.6. The van der Waals surface area contributed by atoms with E-state index in [2.05, 4.69) is 313 Å². The van der Waals surface area contributed by atoms with Gasteiger partial charge in [0.05, 0.1) is 11.4 Å². The molecule has 0 saturated heterocycles. The van der Waals surface area contributed by atoms with E-state index in [1.165, 1.54) is 148 Å². The Morgan fingerprint density at radius 3 is 1.45 bits per heavy atom. The minimum Gasteiger partial charge on any atom is -0.311 e. The Morgan fingerprint density at radius 2 is 0.859 bits per heavy atom. The molecular weight excluding hydrogens is 1040 g/mol. The van der Waals surface area contributed by atoms with Crippen LogP contribution in [0.25, 0.3) is 75.8 Å². The maximum Gasteiger partial charge on any atom is 0.264 e. The number of fused-ring (bicyclic) bond motifs is 12. The second-order valence-electron chi connectivity index (χ2n) is 28.8. The van der Waals surface area contributed by atoms with E-state index in [1.54, 1.807) is 0 Å². The molecule has 0 radical (unpaired) electrons. The van der Waals surface area contributed by atoms with Crippen LogP contribution in [0.1, 0.15) is 131 Å². The molecule has 0 fully saturated rings. The first-order valence-corrected chi connectivity index (χ1v) is 31.6. The standard InChI is InChI=1S/C81H77BN2S/c1-49(2)52-31-41-71-69(45-52)82-75-72(24-19-25-73(75)84(71)70-42-36-56(80(9,10)11)46-66(70)53-30-39-64-62-22-16-15-20-60(62)61-21-17-18-23-63(61)67(64)44-53)83(76-68-47-57(81(12,13)14)37-43-74(68)85-77(76)82)58-38-40-59(50-26-32-54(33-27-50)78(3,4)5)65(48-58)51-28-34-55(35-29-51)79(6,7)8/h15-49H,1-14H3. The lowest BCUT2D eigenvalue weighted by Crippen LogP contribution is -2.60. The molecule has 2 aliphatic heterocycles. The van der Waals surface area contributed by atoms with Crippen molar-refractivity contribution >= 4 is 110 Å². The highest BCUT2D eigenvalue weighted by molar-refractivity contribution is 7.33. The molecule has 420 valence electrons. The Morgan fingerprint density at radius 1 is 0.353 bits per heavy atom. The van der Waals surface area contributed by atoms with E-state index in [0.29, 0.717) is 5.92 Å². The monoisotopic (exact) mass is 1120 g/mol. The molecule has 0 amide bonds. The van der Waals surface area contributed by atoms with Crippen LogP contribution in [0.15, 0.2) is 206 Å². The predicted molar refractivity (Wildman–Crippen MR) is 374 cm³/mol. The van der Waals surface area contributed by atoms with Gasteiger partial charge >= 0.3 is 0 Å². The van der Waals surface area contributed by atoms with Gasteiger partial charge in [0.2, 0.25) is 0 Å². The highest BCUT2D eigenvalue weighted by atomic mass is 32.1. The van der Waals surface area contributed by atoms with Crippen LogP contribution in [0.3, 0.4) is 0 Å². The average Bonchev–Trinajstić information content (AvgIpc) is 1.72. The summed E-state index contributed by atoms with van der Waals surface area (Å²) in [4.78, 5) is 5.30. The van der Waals surface area contributed by atoms with Crippen molar-refractivity contribution in [3.8, 4) is 33.4 Å². The molecule has 2 nitrogen and oxygen atoms in total. The number of rotatable bonds is 6. The Kier molecular flexibility index (Phi) is 12.7. The summed E-state index contributed by atoms with van der Waals surface area (Å²) in [6, 6.07) is 80.4. The fraction of sp³-hybridized carbons (Fsp3) is 0.235. The molecule has 3 heterocycles. The smallest absolute Gasteiger partial charge is 0.264 e. The van der Waals surface area contributed by atoms with Crippen LogP contribution >= 0.6 is 11.3 Å². The molecule has 2 aliphatic rings. The maximum atomic E-state index is 2.66. The molecule has 4 heteroatoms. The Bertz CT molecular complexity index is 4630. The summed E-state index contributed by atoms with van der Waals surface area (Å²) in [7, 11) is 0. The van der Waals surface area contributed by atoms with Crippen molar-refractivity contribution in [2.45, 2.75) is 125 Å². The molecule has 85 heavy (non-hydrogen) atoms. The molecule has 0 N–H and O–H groups in total. The summed E-state index contributed by atoms with van der Waals surface area (Å²) in [6.07, 6.45) is 0. The van der Waals surface area contributed by atoms with Crippen molar-refractivity contribution in [1.82, 2.24) is 0 Å². The number of nitrogens with zero attached hydrogens (tertiary/aromatic N) is 2. The zero-order valence-electron chi connectivity index (χ0n) is 52.1. The van der Waals surface area contributed by atoms with Crippen molar-refractivity contribution in [2.75, 3.05) is 9.80 Å². The quantitative estimate of drug-likeness (QED) is 0.121. The van der Waals surface area contributed by atoms with Crippen molar-refractivity contribution in [1.29, 1.82) is 0 Å². The predicted octanol–water partition coefficient (Wildman–Crippen LogP) is 21.8. The number of hydrogen-bond donors (Lipinski definition) is 0. The van der Waals surface area contributed by atoms with Gasteiger partial charge in [-0.2, -0.15) is 0 Å². The van der Waals surface area contributed by atoms with Crippen LogP contribution in [-0.2, 0) is 21.7 Å². The Hall–Kier alpha value is -8.18. The molecule has 0 saturated carbocycles. The fourth-order valence-corrected chi connectivity index (χ4v) is 15.1. The molecular formula is C81H77BN2S. The van der Waals surface area contributed by atoms with E-state index in [9.17, 15) is 0 Å². The highest BCUT2D eigenvalue weighted by Crippen LogP contribution is 2.52. The van der Waals surface area contributed by atoms with E-state index < -0.39 is 0 Å². The third-order valence-corrected chi connectivity index (χ3v) is 19.9. The van der Waals surface area contributed by atoms with Crippen LogP contribution in [0, 0.1) is 0 Å². The largest absolute Gasteiger partial charge is 0.311 e. The first-order chi connectivity index (χ1) is 40.5. The highest BCUT2D eigenvalue weighted by Gasteiger charge is 2.46. The van der Waals surface area contributed by atoms with Crippen molar-refractivity contribution < 1.29 is 0 Å². The Balaban J connectivity index is 1.05. The first kappa shape index (κ1) is 54.7. The lowest BCUT2D eigenvalue weighted by molar-refractivity contribution is 0.590. The van der Waals surface area contributed by atoms with E-state index in [4.69, 9.17) is 0 Å². The minimum absolute atomic E-state index is 0.0134. The van der Waals surface area contributed by atoms with Crippen molar-refractivity contribution in [2.24, 2.45) is 0 Å². The molecule has 0 aliphatic carbocycles. The van der Waals surface area contributed by atoms with Gasteiger partial charge < -0.3 is 9.80 Å². The van der Waals surface area contributed by atoms with Gasteiger partial charge in [-0.05, 0) is 187 Å². The number of benzene rings is 11. The third-order valence-electron chi connectivity index (χ3n) is 18.7. The topological polar surface area (TPSA) is 6.48 Å². The lowest BCUT2D eigenvalue weighted by atomic mass is 9.36. The van der Waals surface area contributed by atoms with Gasteiger partial charge in [0.1, 0.15) is 0 Å². The van der Waals surface area contributed by atoms with Crippen molar-refractivity contribution in [3.05, 3.63) is 234 Å². The van der Waals surface area contributed by atoms with E-state index in [1.807, 2.05) is 11.3 Å². The van der Waals surface area contributed by atoms with Gasteiger partial charge in [-0.3, -0.25) is 0 Å². The Labute approximate surface area is 508 Å². The molecule has 0 unspecified atom stereocenters. The molecule has 0 atom stereocenters. The van der Waals surface area contributed by atoms with Gasteiger partial charge in [0, 0.05) is 43.2 Å².